The maximum Gasteiger partial charge on any atom is 0.416 e. The molecule has 4 rings (SSSR count). The third kappa shape index (κ3) is 11.7. The summed E-state index contributed by atoms with van der Waals surface area (Å²) >= 11 is 0. The van der Waals surface area contributed by atoms with Gasteiger partial charge in [-0.05, 0) is 99.8 Å². The number of hydrogen-bond acceptors (Lipinski definition) is 7. The third-order valence-electron chi connectivity index (χ3n) is 8.92. The third-order valence-corrected chi connectivity index (χ3v) is 8.92. The molecule has 1 aliphatic heterocycles. The van der Waals surface area contributed by atoms with Crippen molar-refractivity contribution in [3.8, 4) is 11.5 Å². The molecule has 0 saturated carbocycles. The van der Waals surface area contributed by atoms with Gasteiger partial charge in [0.25, 0.3) is 5.91 Å². The minimum atomic E-state index is -4.51. The summed E-state index contributed by atoms with van der Waals surface area (Å²) < 4.78 is 56.7. The Morgan fingerprint density at radius 1 is 0.981 bits per heavy atom. The first-order valence-corrected chi connectivity index (χ1v) is 17.4. The molecule has 53 heavy (non-hydrogen) atoms. The number of urea groups is 2. The van der Waals surface area contributed by atoms with Crippen LogP contribution in [0.3, 0.4) is 0 Å². The van der Waals surface area contributed by atoms with E-state index in [4.69, 9.17) is 14.2 Å². The first-order valence-electron chi connectivity index (χ1n) is 17.4. The second-order valence-corrected chi connectivity index (χ2v) is 13.2. The Balaban J connectivity index is 1.55. The van der Waals surface area contributed by atoms with Crippen molar-refractivity contribution in [1.82, 2.24) is 9.80 Å². The molecule has 3 aromatic rings. The van der Waals surface area contributed by atoms with E-state index in [2.05, 4.69) is 16.0 Å². The normalized spacial score (nSPS) is 19.2. The Kier molecular flexibility index (Phi) is 14.3. The summed E-state index contributed by atoms with van der Waals surface area (Å²) in [7, 11) is 3.22. The summed E-state index contributed by atoms with van der Waals surface area (Å²) in [6.07, 6.45) is -3.10. The van der Waals surface area contributed by atoms with Crippen molar-refractivity contribution in [3.63, 3.8) is 0 Å². The molecule has 0 bridgehead atoms. The van der Waals surface area contributed by atoms with Crippen LogP contribution in [0.1, 0.15) is 56.0 Å². The maximum absolute atomic E-state index is 14.4. The van der Waals surface area contributed by atoms with Crippen LogP contribution in [0.2, 0.25) is 0 Å². The van der Waals surface area contributed by atoms with Crippen LogP contribution in [0.4, 0.5) is 39.8 Å². The quantitative estimate of drug-likeness (QED) is 0.190. The highest BCUT2D eigenvalue weighted by Gasteiger charge is 2.32. The van der Waals surface area contributed by atoms with Crippen LogP contribution in [-0.4, -0.2) is 91.6 Å². The number of ether oxygens (including phenoxy) is 3. The Bertz CT molecular complexity index is 1670. The number of amides is 5. The van der Waals surface area contributed by atoms with Gasteiger partial charge in [-0.15, -0.1) is 0 Å². The molecule has 4 N–H and O–H groups in total. The lowest BCUT2D eigenvalue weighted by molar-refractivity contribution is -0.137. The van der Waals surface area contributed by atoms with Gasteiger partial charge in [-0.25, -0.2) is 9.59 Å². The minimum Gasteiger partial charge on any atom is -0.497 e. The number of nitrogens with one attached hydrogen (secondary N) is 3. The smallest absolute Gasteiger partial charge is 0.416 e. The van der Waals surface area contributed by atoms with Crippen molar-refractivity contribution in [3.05, 3.63) is 77.9 Å². The van der Waals surface area contributed by atoms with Crippen LogP contribution in [0, 0.1) is 5.92 Å². The van der Waals surface area contributed by atoms with Gasteiger partial charge >= 0.3 is 18.2 Å². The Labute approximate surface area is 307 Å². The molecule has 0 aliphatic carbocycles. The van der Waals surface area contributed by atoms with Gasteiger partial charge in [-0.3, -0.25) is 4.79 Å². The Hall–Kier alpha value is -5.02. The molecule has 0 spiro atoms. The van der Waals surface area contributed by atoms with Crippen molar-refractivity contribution in [2.75, 3.05) is 56.4 Å². The van der Waals surface area contributed by atoms with Crippen LogP contribution in [0.5, 0.6) is 11.5 Å². The van der Waals surface area contributed by atoms with Gasteiger partial charge in [0.15, 0.2) is 0 Å². The van der Waals surface area contributed by atoms with Crippen molar-refractivity contribution >= 4 is 35.0 Å². The summed E-state index contributed by atoms with van der Waals surface area (Å²) in [5.41, 5.74) is 0.256. The van der Waals surface area contributed by atoms with Crippen molar-refractivity contribution < 1.29 is 46.9 Å². The van der Waals surface area contributed by atoms with Gasteiger partial charge in [0.2, 0.25) is 0 Å². The molecular weight excluding hydrogens is 695 g/mol. The molecule has 0 aromatic heterocycles. The van der Waals surface area contributed by atoms with Gasteiger partial charge in [0, 0.05) is 49.7 Å². The standard InChI is InChI=1S/C38H48F3N5O7/c1-24-21-46(25(2)23-47)35(48)32-20-30(43-36(49)42-28-11-9-27(10-12-28)38(39,40)41)15-18-33(32)53-26(3)8-6-7-19-52-34(24)22-45(4)37(50)44-29-13-16-31(51-5)17-14-29/h9-18,20,24-26,34,47H,6-8,19,21-23H2,1-5H3,(H,44,50)(H2,42,43,49)/t24-,25+,26+,34-/m1/s1. The summed E-state index contributed by atoms with van der Waals surface area (Å²) in [5, 5.41) is 18.2. The number of hydrogen-bond donors (Lipinski definition) is 4. The fourth-order valence-corrected chi connectivity index (χ4v) is 5.74. The van der Waals surface area contributed by atoms with Crippen LogP contribution >= 0.6 is 0 Å². The number of halogens is 3. The zero-order valence-electron chi connectivity index (χ0n) is 30.5. The fraction of sp³-hybridized carbons (Fsp3) is 0.447. The molecule has 1 aliphatic rings. The number of methoxy groups -OCH3 is 1. The number of benzene rings is 3. The number of aliphatic hydroxyl groups excluding tert-OH is 1. The Morgan fingerprint density at radius 2 is 1.60 bits per heavy atom. The predicted octanol–water partition coefficient (Wildman–Crippen LogP) is 7.32. The van der Waals surface area contributed by atoms with E-state index in [1.807, 2.05) is 13.8 Å². The topological polar surface area (TPSA) is 142 Å². The SMILES string of the molecule is COc1ccc(NC(=O)N(C)C[C@H]2OCCCC[C@H](C)Oc3ccc(NC(=O)Nc4ccc(C(F)(F)F)cc4)cc3C(=O)N([C@@H](C)CO)C[C@H]2C)cc1. The number of likely N-dealkylation sites (N-methyl/N-ethyl adjacent to an activating group) is 1. The van der Waals surface area contributed by atoms with Crippen LogP contribution in [0.15, 0.2) is 66.7 Å². The molecule has 0 saturated heterocycles. The Morgan fingerprint density at radius 3 is 2.25 bits per heavy atom. The highest BCUT2D eigenvalue weighted by Crippen LogP contribution is 2.31. The van der Waals surface area contributed by atoms with Crippen LogP contribution < -0.4 is 25.4 Å². The number of carbonyl (C=O) groups excluding carboxylic acids is 3. The van der Waals surface area contributed by atoms with E-state index in [0.29, 0.717) is 30.2 Å². The number of anilines is 3. The van der Waals surface area contributed by atoms with Crippen molar-refractivity contribution in [1.29, 1.82) is 0 Å². The van der Waals surface area contributed by atoms with E-state index >= 15 is 0 Å². The highest BCUT2D eigenvalue weighted by molar-refractivity contribution is 6.02. The van der Waals surface area contributed by atoms with E-state index in [-0.39, 0.29) is 54.7 Å². The molecule has 0 radical (unpaired) electrons. The van der Waals surface area contributed by atoms with Crippen LogP contribution in [0.25, 0.3) is 0 Å². The summed E-state index contributed by atoms with van der Waals surface area (Å²) in [5.74, 6) is 0.187. The van der Waals surface area contributed by atoms with Gasteiger partial charge < -0.3 is 45.1 Å². The predicted molar refractivity (Wildman–Crippen MR) is 196 cm³/mol. The first kappa shape index (κ1) is 40.7. The fourth-order valence-electron chi connectivity index (χ4n) is 5.74. The summed E-state index contributed by atoms with van der Waals surface area (Å²) in [4.78, 5) is 43.4. The molecule has 5 amide bonds. The molecule has 1 heterocycles. The van der Waals surface area contributed by atoms with Crippen molar-refractivity contribution in [2.24, 2.45) is 5.92 Å². The lowest BCUT2D eigenvalue weighted by atomic mass is 10.0. The lowest BCUT2D eigenvalue weighted by Crippen LogP contribution is -2.48. The average molecular weight is 744 g/mol. The summed E-state index contributed by atoms with van der Waals surface area (Å²) in [6, 6.07) is 13.9. The summed E-state index contributed by atoms with van der Waals surface area (Å²) in [6.45, 7) is 5.98. The number of nitrogens with zero attached hydrogens (tertiary/aromatic N) is 2. The van der Waals surface area contributed by atoms with Crippen LogP contribution in [-0.2, 0) is 10.9 Å². The average Bonchev–Trinajstić information content (AvgIpc) is 3.12. The molecule has 0 fully saturated rings. The van der Waals surface area contributed by atoms with E-state index in [9.17, 15) is 32.7 Å². The number of carbonyl (C=O) groups is 3. The molecule has 4 atom stereocenters. The number of aliphatic hydroxyl groups is 1. The zero-order chi connectivity index (χ0) is 38.7. The monoisotopic (exact) mass is 743 g/mol. The van der Waals surface area contributed by atoms with Gasteiger partial charge in [0.05, 0.1) is 43.1 Å². The van der Waals surface area contributed by atoms with E-state index in [1.54, 1.807) is 57.5 Å². The zero-order valence-corrected chi connectivity index (χ0v) is 30.5. The number of rotatable bonds is 8. The largest absolute Gasteiger partial charge is 0.497 e. The van der Waals surface area contributed by atoms with Gasteiger partial charge in [-0.1, -0.05) is 6.92 Å². The molecule has 12 nitrogen and oxygen atoms in total. The molecule has 0 unspecified atom stereocenters. The van der Waals surface area contributed by atoms with E-state index < -0.39 is 35.8 Å². The second kappa shape index (κ2) is 18.6. The van der Waals surface area contributed by atoms with E-state index in [0.717, 1.165) is 37.1 Å². The molecular formula is C38H48F3N5O7. The number of fused-ring (bicyclic) bond motifs is 1. The molecule has 288 valence electrons. The molecule has 3 aromatic carbocycles. The number of alkyl halides is 3. The molecule has 15 heteroatoms. The highest BCUT2D eigenvalue weighted by atomic mass is 19.4. The maximum atomic E-state index is 14.4. The lowest BCUT2D eigenvalue weighted by Gasteiger charge is -2.35. The first-order chi connectivity index (χ1) is 25.2. The van der Waals surface area contributed by atoms with Gasteiger partial charge in [0.1, 0.15) is 11.5 Å². The van der Waals surface area contributed by atoms with E-state index in [1.165, 1.54) is 15.9 Å². The van der Waals surface area contributed by atoms with Crippen molar-refractivity contribution in [2.45, 2.75) is 64.5 Å². The van der Waals surface area contributed by atoms with Gasteiger partial charge in [-0.2, -0.15) is 13.2 Å². The second-order valence-electron chi connectivity index (χ2n) is 13.2. The minimum absolute atomic E-state index is 0.139.